The maximum absolute atomic E-state index is 5.74. The summed E-state index contributed by atoms with van der Waals surface area (Å²) < 4.78 is 6.78. The fourth-order valence-electron chi connectivity index (χ4n) is 1.66. The highest BCUT2D eigenvalue weighted by atomic mass is 79.9. The summed E-state index contributed by atoms with van der Waals surface area (Å²) in [6, 6.07) is 8.13. The highest BCUT2D eigenvalue weighted by Gasteiger charge is 2.12. The van der Waals surface area contributed by atoms with Crippen molar-refractivity contribution in [2.24, 2.45) is 0 Å². The number of halogens is 1. The molecule has 0 radical (unpaired) electrons. The van der Waals surface area contributed by atoms with Crippen molar-refractivity contribution in [2.75, 3.05) is 6.54 Å². The van der Waals surface area contributed by atoms with Crippen LogP contribution in [0, 0.1) is 0 Å². The van der Waals surface area contributed by atoms with Crippen molar-refractivity contribution in [1.29, 1.82) is 0 Å². The molecule has 4 heteroatoms. The molecule has 90 valence electrons. The van der Waals surface area contributed by atoms with Crippen molar-refractivity contribution in [2.45, 2.75) is 19.9 Å². The molecular formula is C13H15BrN2O. The number of rotatable bonds is 4. The van der Waals surface area contributed by atoms with Crippen LogP contribution in [0.5, 0.6) is 0 Å². The second-order valence-corrected chi connectivity index (χ2v) is 4.77. The fourth-order valence-corrected chi connectivity index (χ4v) is 2.06. The average Bonchev–Trinajstić information content (AvgIpc) is 2.78. The van der Waals surface area contributed by atoms with Gasteiger partial charge in [0, 0.05) is 10.0 Å². The predicted molar refractivity (Wildman–Crippen MR) is 71.7 cm³/mol. The topological polar surface area (TPSA) is 38.1 Å². The third-order valence-electron chi connectivity index (χ3n) is 2.51. The molecule has 3 nitrogen and oxygen atoms in total. The molecule has 0 amide bonds. The number of nitrogens with zero attached hydrogens (tertiary/aromatic N) is 1. The summed E-state index contributed by atoms with van der Waals surface area (Å²) in [4.78, 5) is 4.30. The molecule has 1 aromatic heterocycles. The Labute approximate surface area is 109 Å². The molecule has 0 spiro atoms. The van der Waals surface area contributed by atoms with Gasteiger partial charge in [-0.1, -0.05) is 35.0 Å². The molecule has 0 aliphatic carbocycles. The lowest BCUT2D eigenvalue weighted by Crippen LogP contribution is -2.17. The third kappa shape index (κ3) is 2.96. The van der Waals surface area contributed by atoms with Gasteiger partial charge in [-0.2, -0.15) is 0 Å². The van der Waals surface area contributed by atoms with E-state index < -0.39 is 0 Å². The molecule has 1 aromatic carbocycles. The van der Waals surface area contributed by atoms with Gasteiger partial charge in [0.05, 0.1) is 12.2 Å². The Bertz CT molecular complexity index is 496. The molecule has 1 heterocycles. The van der Waals surface area contributed by atoms with E-state index in [4.69, 9.17) is 4.42 Å². The Kier molecular flexibility index (Phi) is 3.97. The molecule has 2 rings (SSSR count). The summed E-state index contributed by atoms with van der Waals surface area (Å²) in [5.74, 6) is 1.52. The van der Waals surface area contributed by atoms with Crippen LogP contribution in [0.1, 0.15) is 25.8 Å². The second-order valence-electron chi connectivity index (χ2n) is 3.85. The first-order valence-electron chi connectivity index (χ1n) is 5.65. The van der Waals surface area contributed by atoms with Crippen LogP contribution in [-0.4, -0.2) is 11.5 Å². The average molecular weight is 295 g/mol. The maximum atomic E-state index is 5.74. The molecule has 0 fully saturated rings. The zero-order chi connectivity index (χ0) is 12.3. The lowest BCUT2D eigenvalue weighted by Gasteiger charge is -2.06. The van der Waals surface area contributed by atoms with Crippen LogP contribution >= 0.6 is 15.9 Å². The summed E-state index contributed by atoms with van der Waals surface area (Å²) in [5.41, 5.74) is 1.03. The van der Waals surface area contributed by atoms with Gasteiger partial charge < -0.3 is 9.73 Å². The Morgan fingerprint density at radius 2 is 2.29 bits per heavy atom. The van der Waals surface area contributed by atoms with Crippen LogP contribution in [0.2, 0.25) is 0 Å². The van der Waals surface area contributed by atoms with Gasteiger partial charge in [0.25, 0.3) is 0 Å². The van der Waals surface area contributed by atoms with E-state index in [2.05, 4.69) is 33.2 Å². The standard InChI is InChI=1S/C13H15BrN2O/c1-3-15-9(2)13-16-8-12(17-13)10-5-4-6-11(14)7-10/h4-9,15H,3H2,1-2H3. The molecule has 2 aromatic rings. The number of hydrogen-bond acceptors (Lipinski definition) is 3. The minimum absolute atomic E-state index is 0.140. The van der Waals surface area contributed by atoms with Gasteiger partial charge in [0.2, 0.25) is 5.89 Å². The number of aromatic nitrogens is 1. The number of hydrogen-bond donors (Lipinski definition) is 1. The molecule has 17 heavy (non-hydrogen) atoms. The van der Waals surface area contributed by atoms with Crippen LogP contribution in [0.15, 0.2) is 39.4 Å². The van der Waals surface area contributed by atoms with Gasteiger partial charge in [-0.25, -0.2) is 4.98 Å². The van der Waals surface area contributed by atoms with Gasteiger partial charge in [0.15, 0.2) is 5.76 Å². The maximum Gasteiger partial charge on any atom is 0.211 e. The highest BCUT2D eigenvalue weighted by Crippen LogP contribution is 2.25. The lowest BCUT2D eigenvalue weighted by atomic mass is 10.2. The molecule has 0 saturated heterocycles. The summed E-state index contributed by atoms with van der Waals surface area (Å²) in [7, 11) is 0. The summed E-state index contributed by atoms with van der Waals surface area (Å²) in [6.07, 6.45) is 1.77. The van der Waals surface area contributed by atoms with E-state index in [0.29, 0.717) is 0 Å². The predicted octanol–water partition coefficient (Wildman–Crippen LogP) is 3.77. The van der Waals surface area contributed by atoms with Crippen molar-refractivity contribution in [3.63, 3.8) is 0 Å². The molecule has 0 saturated carbocycles. The number of oxazole rings is 1. The van der Waals surface area contributed by atoms with Gasteiger partial charge in [-0.05, 0) is 25.6 Å². The molecule has 1 atom stereocenters. The Balaban J connectivity index is 2.23. The van der Waals surface area contributed by atoms with E-state index in [-0.39, 0.29) is 6.04 Å². The monoisotopic (exact) mass is 294 g/mol. The lowest BCUT2D eigenvalue weighted by molar-refractivity contribution is 0.429. The van der Waals surface area contributed by atoms with E-state index in [1.165, 1.54) is 0 Å². The quantitative estimate of drug-likeness (QED) is 0.933. The summed E-state index contributed by atoms with van der Waals surface area (Å²) >= 11 is 3.45. The van der Waals surface area contributed by atoms with Gasteiger partial charge in [0.1, 0.15) is 0 Å². The zero-order valence-electron chi connectivity index (χ0n) is 9.90. The smallest absolute Gasteiger partial charge is 0.211 e. The minimum Gasteiger partial charge on any atom is -0.439 e. The van der Waals surface area contributed by atoms with Crippen molar-refractivity contribution in [1.82, 2.24) is 10.3 Å². The fraction of sp³-hybridized carbons (Fsp3) is 0.308. The van der Waals surface area contributed by atoms with E-state index >= 15 is 0 Å². The van der Waals surface area contributed by atoms with Crippen LogP contribution < -0.4 is 5.32 Å². The molecular weight excluding hydrogens is 280 g/mol. The summed E-state index contributed by atoms with van der Waals surface area (Å²) in [5, 5.41) is 3.27. The zero-order valence-corrected chi connectivity index (χ0v) is 11.5. The molecule has 0 aliphatic rings. The third-order valence-corrected chi connectivity index (χ3v) is 3.01. The molecule has 0 aliphatic heterocycles. The van der Waals surface area contributed by atoms with Crippen LogP contribution in [-0.2, 0) is 0 Å². The van der Waals surface area contributed by atoms with Crippen molar-refractivity contribution >= 4 is 15.9 Å². The number of nitrogens with one attached hydrogen (secondary N) is 1. The van der Waals surface area contributed by atoms with Crippen molar-refractivity contribution in [3.8, 4) is 11.3 Å². The normalized spacial score (nSPS) is 12.6. The Morgan fingerprint density at radius 3 is 3.00 bits per heavy atom. The highest BCUT2D eigenvalue weighted by molar-refractivity contribution is 9.10. The largest absolute Gasteiger partial charge is 0.439 e. The van der Waals surface area contributed by atoms with Crippen LogP contribution in [0.4, 0.5) is 0 Å². The first-order chi connectivity index (χ1) is 8.20. The Morgan fingerprint density at radius 1 is 1.47 bits per heavy atom. The SMILES string of the molecule is CCNC(C)c1ncc(-c2cccc(Br)c2)o1. The van der Waals surface area contributed by atoms with E-state index in [1.54, 1.807) is 6.20 Å². The van der Waals surface area contributed by atoms with Crippen LogP contribution in [0.25, 0.3) is 11.3 Å². The van der Waals surface area contributed by atoms with E-state index in [0.717, 1.165) is 28.2 Å². The first kappa shape index (κ1) is 12.3. The van der Waals surface area contributed by atoms with E-state index in [1.807, 2.05) is 31.2 Å². The molecule has 1 N–H and O–H groups in total. The Hall–Kier alpha value is -1.13. The second kappa shape index (κ2) is 5.47. The van der Waals surface area contributed by atoms with Crippen molar-refractivity contribution < 1.29 is 4.42 Å². The van der Waals surface area contributed by atoms with Crippen LogP contribution in [0.3, 0.4) is 0 Å². The molecule has 1 unspecified atom stereocenters. The summed E-state index contributed by atoms with van der Waals surface area (Å²) in [6.45, 7) is 5.00. The van der Waals surface area contributed by atoms with Gasteiger partial charge in [-0.3, -0.25) is 0 Å². The first-order valence-corrected chi connectivity index (χ1v) is 6.45. The minimum atomic E-state index is 0.140. The van der Waals surface area contributed by atoms with Gasteiger partial charge in [-0.15, -0.1) is 0 Å². The molecule has 0 bridgehead atoms. The van der Waals surface area contributed by atoms with Crippen molar-refractivity contribution in [3.05, 3.63) is 40.8 Å². The number of benzene rings is 1. The van der Waals surface area contributed by atoms with E-state index in [9.17, 15) is 0 Å². The van der Waals surface area contributed by atoms with Gasteiger partial charge >= 0.3 is 0 Å².